The Morgan fingerprint density at radius 3 is 2.45 bits per heavy atom. The number of halogens is 1. The third-order valence-electron chi connectivity index (χ3n) is 3.16. The van der Waals surface area contributed by atoms with Crippen molar-refractivity contribution < 1.29 is 8.42 Å². The van der Waals surface area contributed by atoms with Gasteiger partial charge in [0, 0.05) is 19.1 Å². The molecule has 3 N–H and O–H groups in total. The molecule has 0 amide bonds. The van der Waals surface area contributed by atoms with E-state index < -0.39 is 10.0 Å². The van der Waals surface area contributed by atoms with Crippen LogP contribution in [-0.4, -0.2) is 50.7 Å². The number of piperidine rings is 1. The second-order valence-corrected chi connectivity index (χ2v) is 7.37. The molecule has 0 unspecified atom stereocenters. The van der Waals surface area contributed by atoms with Gasteiger partial charge in [-0.1, -0.05) is 6.92 Å². The molecular formula is C12H27IN4O2S. The lowest BCUT2D eigenvalue weighted by atomic mass is 10.00. The first-order valence-corrected chi connectivity index (χ1v) is 8.50. The maximum Gasteiger partial charge on any atom is 0.213 e. The summed E-state index contributed by atoms with van der Waals surface area (Å²) in [7, 11) is -3.25. The van der Waals surface area contributed by atoms with Crippen molar-refractivity contribution in [2.45, 2.75) is 39.7 Å². The highest BCUT2D eigenvalue weighted by atomic mass is 127. The minimum atomic E-state index is -3.25. The maximum atomic E-state index is 11.6. The van der Waals surface area contributed by atoms with E-state index in [1.54, 1.807) is 13.8 Å². The molecule has 0 bridgehead atoms. The molecule has 8 heteroatoms. The summed E-state index contributed by atoms with van der Waals surface area (Å²) in [6, 6.07) is -0.0880. The summed E-state index contributed by atoms with van der Waals surface area (Å²) in [5.74, 6) is 1.18. The van der Waals surface area contributed by atoms with Gasteiger partial charge in [-0.3, -0.25) is 4.99 Å². The number of likely N-dealkylation sites (tertiary alicyclic amines) is 1. The minimum absolute atomic E-state index is 0. The van der Waals surface area contributed by atoms with Gasteiger partial charge in [0.15, 0.2) is 5.96 Å². The van der Waals surface area contributed by atoms with Crippen LogP contribution in [0.3, 0.4) is 0 Å². The predicted octanol–water partition coefficient (Wildman–Crippen LogP) is 0.979. The number of sulfonamides is 1. The van der Waals surface area contributed by atoms with Gasteiger partial charge >= 0.3 is 0 Å². The molecule has 1 fully saturated rings. The third kappa shape index (κ3) is 7.63. The zero-order valence-corrected chi connectivity index (χ0v) is 15.6. The quantitative estimate of drug-likeness (QED) is 0.396. The summed E-state index contributed by atoms with van der Waals surface area (Å²) in [5, 5.41) is 0. The molecule has 1 aliphatic rings. The molecule has 1 heterocycles. The van der Waals surface area contributed by atoms with Gasteiger partial charge < -0.3 is 10.6 Å². The van der Waals surface area contributed by atoms with E-state index in [1.807, 2.05) is 4.90 Å². The van der Waals surface area contributed by atoms with Gasteiger partial charge in [-0.05, 0) is 32.6 Å². The molecule has 0 radical (unpaired) electrons. The topological polar surface area (TPSA) is 87.8 Å². The highest BCUT2D eigenvalue weighted by molar-refractivity contribution is 14.0. The lowest BCUT2D eigenvalue weighted by Gasteiger charge is -2.31. The second-order valence-electron chi connectivity index (χ2n) is 5.50. The summed E-state index contributed by atoms with van der Waals surface area (Å²) >= 11 is 0. The largest absolute Gasteiger partial charge is 0.370 e. The highest BCUT2D eigenvalue weighted by Gasteiger charge is 2.17. The Kier molecular flexibility index (Phi) is 8.99. The van der Waals surface area contributed by atoms with E-state index in [1.165, 1.54) is 0 Å². The summed E-state index contributed by atoms with van der Waals surface area (Å²) in [4.78, 5) is 6.20. The summed E-state index contributed by atoms with van der Waals surface area (Å²) in [5.41, 5.74) is 5.89. The summed E-state index contributed by atoms with van der Waals surface area (Å²) in [6.07, 6.45) is 2.23. The molecule has 1 rings (SSSR count). The lowest BCUT2D eigenvalue weighted by molar-refractivity contribution is 0.278. The number of hydrogen-bond donors (Lipinski definition) is 2. The smallest absolute Gasteiger partial charge is 0.213 e. The fraction of sp³-hybridized carbons (Fsp3) is 0.917. The SMILES string of the molecule is CC1CCN(C(N)=NCCS(=O)(=O)NC(C)C)CC1.I. The van der Waals surface area contributed by atoms with Crippen molar-refractivity contribution in [2.24, 2.45) is 16.6 Å². The predicted molar refractivity (Wildman–Crippen MR) is 93.9 cm³/mol. The number of aliphatic imine (C=N–C) groups is 1. The number of rotatable bonds is 5. The minimum Gasteiger partial charge on any atom is -0.370 e. The molecule has 0 aliphatic carbocycles. The average molecular weight is 418 g/mol. The van der Waals surface area contributed by atoms with Gasteiger partial charge in [-0.25, -0.2) is 13.1 Å². The van der Waals surface area contributed by atoms with Gasteiger partial charge in [0.2, 0.25) is 10.0 Å². The Bertz CT molecular complexity index is 404. The van der Waals surface area contributed by atoms with Crippen molar-refractivity contribution in [1.82, 2.24) is 9.62 Å². The number of nitrogens with zero attached hydrogens (tertiary/aromatic N) is 2. The first-order valence-electron chi connectivity index (χ1n) is 6.85. The molecule has 20 heavy (non-hydrogen) atoms. The molecule has 120 valence electrons. The molecule has 0 atom stereocenters. The summed E-state index contributed by atoms with van der Waals surface area (Å²) in [6.45, 7) is 7.85. The highest BCUT2D eigenvalue weighted by Crippen LogP contribution is 2.15. The first kappa shape index (κ1) is 19.9. The Hall–Kier alpha value is -0.0900. The fourth-order valence-corrected chi connectivity index (χ4v) is 3.20. The van der Waals surface area contributed by atoms with Gasteiger partial charge in [0.25, 0.3) is 0 Å². The standard InChI is InChI=1S/C12H26N4O2S.HI/c1-10(2)15-19(17,18)9-6-14-12(13)16-7-4-11(3)5-8-16;/h10-11,15H,4-9H2,1-3H3,(H2,13,14);1H. The monoisotopic (exact) mass is 418 g/mol. The van der Waals surface area contributed by atoms with E-state index in [-0.39, 0.29) is 42.3 Å². The van der Waals surface area contributed by atoms with Gasteiger partial charge in [0.05, 0.1) is 12.3 Å². The Balaban J connectivity index is 0.00000361. The number of nitrogens with one attached hydrogen (secondary N) is 1. The van der Waals surface area contributed by atoms with E-state index in [0.717, 1.165) is 31.8 Å². The van der Waals surface area contributed by atoms with E-state index in [9.17, 15) is 8.42 Å². The first-order chi connectivity index (χ1) is 8.80. The Labute approximate surface area is 139 Å². The molecule has 0 aromatic heterocycles. The van der Waals surface area contributed by atoms with Crippen LogP contribution in [0.2, 0.25) is 0 Å². The van der Waals surface area contributed by atoms with Crippen molar-refractivity contribution in [3.63, 3.8) is 0 Å². The second kappa shape index (κ2) is 9.04. The van der Waals surface area contributed by atoms with Crippen molar-refractivity contribution in [2.75, 3.05) is 25.4 Å². The van der Waals surface area contributed by atoms with Gasteiger partial charge in [-0.2, -0.15) is 0 Å². The van der Waals surface area contributed by atoms with Crippen LogP contribution in [0.25, 0.3) is 0 Å². The van der Waals surface area contributed by atoms with Crippen LogP contribution in [0.15, 0.2) is 4.99 Å². The van der Waals surface area contributed by atoms with Crippen molar-refractivity contribution in [3.8, 4) is 0 Å². The van der Waals surface area contributed by atoms with Crippen LogP contribution in [0.4, 0.5) is 0 Å². The molecule has 0 aromatic carbocycles. The Morgan fingerprint density at radius 1 is 1.40 bits per heavy atom. The molecule has 1 saturated heterocycles. The number of nitrogens with two attached hydrogens (primary N) is 1. The fourth-order valence-electron chi connectivity index (χ4n) is 2.04. The molecule has 0 saturated carbocycles. The van der Waals surface area contributed by atoms with Crippen LogP contribution in [0, 0.1) is 5.92 Å². The molecule has 0 aromatic rings. The average Bonchev–Trinajstić information content (AvgIpc) is 2.27. The van der Waals surface area contributed by atoms with E-state index >= 15 is 0 Å². The van der Waals surface area contributed by atoms with E-state index in [0.29, 0.717) is 5.96 Å². The zero-order valence-electron chi connectivity index (χ0n) is 12.5. The molecular weight excluding hydrogens is 391 g/mol. The van der Waals surface area contributed by atoms with Crippen LogP contribution < -0.4 is 10.5 Å². The van der Waals surface area contributed by atoms with E-state index in [2.05, 4.69) is 16.6 Å². The van der Waals surface area contributed by atoms with Crippen LogP contribution in [-0.2, 0) is 10.0 Å². The maximum absolute atomic E-state index is 11.6. The zero-order chi connectivity index (χ0) is 14.5. The number of guanidine groups is 1. The van der Waals surface area contributed by atoms with Crippen LogP contribution in [0.5, 0.6) is 0 Å². The number of hydrogen-bond acceptors (Lipinski definition) is 3. The normalized spacial score (nSPS) is 18.2. The Morgan fingerprint density at radius 2 is 1.95 bits per heavy atom. The van der Waals surface area contributed by atoms with Crippen molar-refractivity contribution in [3.05, 3.63) is 0 Å². The van der Waals surface area contributed by atoms with Crippen molar-refractivity contribution >= 4 is 40.0 Å². The van der Waals surface area contributed by atoms with Crippen molar-refractivity contribution in [1.29, 1.82) is 0 Å². The van der Waals surface area contributed by atoms with Gasteiger partial charge in [-0.15, -0.1) is 24.0 Å². The van der Waals surface area contributed by atoms with Crippen LogP contribution >= 0.6 is 24.0 Å². The van der Waals surface area contributed by atoms with Crippen LogP contribution in [0.1, 0.15) is 33.6 Å². The molecule has 0 spiro atoms. The summed E-state index contributed by atoms with van der Waals surface area (Å²) < 4.78 is 25.7. The van der Waals surface area contributed by atoms with E-state index in [4.69, 9.17) is 5.73 Å². The molecule has 1 aliphatic heterocycles. The van der Waals surface area contributed by atoms with Gasteiger partial charge in [0.1, 0.15) is 0 Å². The molecule has 6 nitrogen and oxygen atoms in total. The third-order valence-corrected chi connectivity index (χ3v) is 4.71. The lowest BCUT2D eigenvalue weighted by Crippen LogP contribution is -2.43.